The number of anilines is 1. The quantitative estimate of drug-likeness (QED) is 0.816. The molecule has 0 amide bonds. The summed E-state index contributed by atoms with van der Waals surface area (Å²) in [6.45, 7) is 6.95. The molecule has 0 radical (unpaired) electrons. The Labute approximate surface area is 129 Å². The van der Waals surface area contributed by atoms with Crippen LogP contribution in [0.2, 0.25) is 0 Å². The molecule has 2 rings (SSSR count). The summed E-state index contributed by atoms with van der Waals surface area (Å²) in [5, 5.41) is 3.44. The molecule has 106 valence electrons. The summed E-state index contributed by atoms with van der Waals surface area (Å²) in [5.41, 5.74) is 3.56. The van der Waals surface area contributed by atoms with Crippen LogP contribution in [0.5, 0.6) is 5.75 Å². The molecule has 0 atom stereocenters. The van der Waals surface area contributed by atoms with E-state index in [0.29, 0.717) is 0 Å². The molecule has 0 saturated heterocycles. The minimum Gasteiger partial charge on any atom is -0.491 e. The number of nitrogens with one attached hydrogen (secondary N) is 1. The molecule has 0 spiro atoms. The second-order valence-electron chi connectivity index (χ2n) is 5.18. The van der Waals surface area contributed by atoms with Crippen molar-refractivity contribution in [2.75, 3.05) is 5.32 Å². The van der Waals surface area contributed by atoms with Crippen molar-refractivity contribution in [2.45, 2.75) is 33.4 Å². The third-order valence-electron chi connectivity index (χ3n) is 2.81. The molecular weight excluding hydrogens is 314 g/mol. The summed E-state index contributed by atoms with van der Waals surface area (Å²) in [5.74, 6) is 0.921. The summed E-state index contributed by atoms with van der Waals surface area (Å²) >= 11 is 3.52. The Balaban J connectivity index is 2.03. The fourth-order valence-corrected chi connectivity index (χ4v) is 2.65. The Morgan fingerprint density at radius 2 is 1.95 bits per heavy atom. The monoisotopic (exact) mass is 333 g/mol. The van der Waals surface area contributed by atoms with Gasteiger partial charge in [-0.15, -0.1) is 0 Å². The van der Waals surface area contributed by atoms with E-state index >= 15 is 0 Å². The van der Waals surface area contributed by atoms with Crippen LogP contribution in [0.15, 0.2) is 46.9 Å². The van der Waals surface area contributed by atoms with Gasteiger partial charge in [0.1, 0.15) is 5.75 Å². The molecule has 0 fully saturated rings. The second-order valence-corrected chi connectivity index (χ2v) is 6.10. The Bertz CT molecular complexity index is 561. The summed E-state index contributed by atoms with van der Waals surface area (Å²) in [4.78, 5) is 0. The SMILES string of the molecule is Cc1cc(Br)cc(NCc2cccc(OC(C)C)c2)c1. The molecule has 0 heterocycles. The standard InChI is InChI=1S/C17H20BrNO/c1-12(2)20-17-6-4-5-14(9-17)11-19-16-8-13(3)7-15(18)10-16/h4-10,12,19H,11H2,1-3H3. The van der Waals surface area contributed by atoms with Gasteiger partial charge in [-0.1, -0.05) is 28.1 Å². The molecule has 0 saturated carbocycles. The second kappa shape index (κ2) is 6.80. The fourth-order valence-electron chi connectivity index (χ4n) is 2.04. The van der Waals surface area contributed by atoms with Crippen molar-refractivity contribution in [3.05, 3.63) is 58.1 Å². The van der Waals surface area contributed by atoms with E-state index in [-0.39, 0.29) is 6.10 Å². The van der Waals surface area contributed by atoms with Crippen molar-refractivity contribution < 1.29 is 4.74 Å². The largest absolute Gasteiger partial charge is 0.491 e. The van der Waals surface area contributed by atoms with Crippen molar-refractivity contribution in [2.24, 2.45) is 0 Å². The van der Waals surface area contributed by atoms with E-state index in [1.165, 1.54) is 11.1 Å². The maximum atomic E-state index is 5.71. The van der Waals surface area contributed by atoms with Crippen LogP contribution >= 0.6 is 15.9 Å². The molecule has 2 aromatic carbocycles. The van der Waals surface area contributed by atoms with Crippen molar-refractivity contribution in [3.63, 3.8) is 0 Å². The van der Waals surface area contributed by atoms with Gasteiger partial charge in [-0.25, -0.2) is 0 Å². The Hall–Kier alpha value is -1.48. The average molecular weight is 334 g/mol. The zero-order valence-corrected chi connectivity index (χ0v) is 13.7. The van der Waals surface area contributed by atoms with Crippen molar-refractivity contribution in [1.29, 1.82) is 0 Å². The van der Waals surface area contributed by atoms with Gasteiger partial charge in [0.05, 0.1) is 6.10 Å². The normalized spacial score (nSPS) is 10.7. The predicted octanol–water partition coefficient (Wildman–Crippen LogP) is 5.16. The fraction of sp³-hybridized carbons (Fsp3) is 0.294. The van der Waals surface area contributed by atoms with Crippen LogP contribution in [0, 0.1) is 6.92 Å². The highest BCUT2D eigenvalue weighted by Crippen LogP contribution is 2.20. The Morgan fingerprint density at radius 1 is 1.15 bits per heavy atom. The lowest BCUT2D eigenvalue weighted by atomic mass is 10.2. The number of hydrogen-bond acceptors (Lipinski definition) is 2. The van der Waals surface area contributed by atoms with Gasteiger partial charge in [0.15, 0.2) is 0 Å². The van der Waals surface area contributed by atoms with E-state index in [1.807, 2.05) is 26.0 Å². The van der Waals surface area contributed by atoms with Crippen LogP contribution in [0.3, 0.4) is 0 Å². The summed E-state index contributed by atoms with van der Waals surface area (Å²) in [6.07, 6.45) is 0.200. The molecule has 0 unspecified atom stereocenters. The summed E-state index contributed by atoms with van der Waals surface area (Å²) < 4.78 is 6.80. The zero-order chi connectivity index (χ0) is 14.5. The van der Waals surface area contributed by atoms with E-state index in [1.54, 1.807) is 0 Å². The topological polar surface area (TPSA) is 21.3 Å². The third kappa shape index (κ3) is 4.57. The lowest BCUT2D eigenvalue weighted by Crippen LogP contribution is -2.06. The number of rotatable bonds is 5. The lowest BCUT2D eigenvalue weighted by Gasteiger charge is -2.12. The van der Waals surface area contributed by atoms with Gasteiger partial charge in [-0.3, -0.25) is 0 Å². The number of halogens is 1. The van der Waals surface area contributed by atoms with Gasteiger partial charge in [0, 0.05) is 16.7 Å². The van der Waals surface area contributed by atoms with Gasteiger partial charge < -0.3 is 10.1 Å². The highest BCUT2D eigenvalue weighted by Gasteiger charge is 2.01. The molecule has 0 aliphatic heterocycles. The van der Waals surface area contributed by atoms with Crippen molar-refractivity contribution >= 4 is 21.6 Å². The van der Waals surface area contributed by atoms with Crippen molar-refractivity contribution in [3.8, 4) is 5.75 Å². The smallest absolute Gasteiger partial charge is 0.120 e. The van der Waals surface area contributed by atoms with E-state index in [2.05, 4.69) is 58.5 Å². The van der Waals surface area contributed by atoms with Crippen LogP contribution in [0.25, 0.3) is 0 Å². The van der Waals surface area contributed by atoms with Crippen molar-refractivity contribution in [1.82, 2.24) is 0 Å². The lowest BCUT2D eigenvalue weighted by molar-refractivity contribution is 0.242. The van der Waals surface area contributed by atoms with E-state index in [4.69, 9.17) is 4.74 Å². The third-order valence-corrected chi connectivity index (χ3v) is 3.27. The van der Waals surface area contributed by atoms with Gasteiger partial charge in [-0.2, -0.15) is 0 Å². The highest BCUT2D eigenvalue weighted by molar-refractivity contribution is 9.10. The molecule has 0 aliphatic carbocycles. The van der Waals surface area contributed by atoms with Crippen LogP contribution in [0.4, 0.5) is 5.69 Å². The summed E-state index contributed by atoms with van der Waals surface area (Å²) in [7, 11) is 0. The van der Waals surface area contributed by atoms with Crippen LogP contribution < -0.4 is 10.1 Å². The molecule has 2 nitrogen and oxygen atoms in total. The minimum atomic E-state index is 0.200. The van der Waals surface area contributed by atoms with Crippen LogP contribution in [-0.2, 0) is 6.54 Å². The zero-order valence-electron chi connectivity index (χ0n) is 12.1. The first-order chi connectivity index (χ1) is 9.52. The average Bonchev–Trinajstić information content (AvgIpc) is 2.35. The number of hydrogen-bond donors (Lipinski definition) is 1. The molecule has 1 N–H and O–H groups in total. The summed E-state index contributed by atoms with van der Waals surface area (Å²) in [6, 6.07) is 14.5. The maximum Gasteiger partial charge on any atom is 0.120 e. The number of benzene rings is 2. The first kappa shape index (κ1) is 14.9. The van der Waals surface area contributed by atoms with Gasteiger partial charge in [0.2, 0.25) is 0 Å². The number of aryl methyl sites for hydroxylation is 1. The molecule has 3 heteroatoms. The Morgan fingerprint density at radius 3 is 2.65 bits per heavy atom. The number of ether oxygens (including phenoxy) is 1. The minimum absolute atomic E-state index is 0.200. The van der Waals surface area contributed by atoms with Gasteiger partial charge >= 0.3 is 0 Å². The molecule has 0 bridgehead atoms. The highest BCUT2D eigenvalue weighted by atomic mass is 79.9. The first-order valence-electron chi connectivity index (χ1n) is 6.79. The van der Waals surface area contributed by atoms with E-state index < -0.39 is 0 Å². The molecule has 0 aliphatic rings. The predicted molar refractivity (Wildman–Crippen MR) is 88.4 cm³/mol. The van der Waals surface area contributed by atoms with Crippen LogP contribution in [-0.4, -0.2) is 6.10 Å². The first-order valence-corrected chi connectivity index (χ1v) is 7.59. The molecule has 2 aromatic rings. The van der Waals surface area contributed by atoms with E-state index in [0.717, 1.165) is 22.5 Å². The molecule has 20 heavy (non-hydrogen) atoms. The Kier molecular flexibility index (Phi) is 5.07. The maximum absolute atomic E-state index is 5.71. The van der Waals surface area contributed by atoms with Crippen LogP contribution in [0.1, 0.15) is 25.0 Å². The molecular formula is C17H20BrNO. The van der Waals surface area contributed by atoms with Gasteiger partial charge in [0.25, 0.3) is 0 Å². The van der Waals surface area contributed by atoms with E-state index in [9.17, 15) is 0 Å². The van der Waals surface area contributed by atoms with Gasteiger partial charge in [-0.05, 0) is 62.2 Å². The molecule has 0 aromatic heterocycles.